The summed E-state index contributed by atoms with van der Waals surface area (Å²) in [7, 11) is 0. The van der Waals surface area contributed by atoms with Crippen molar-refractivity contribution < 1.29 is 4.79 Å². The second-order valence-corrected chi connectivity index (χ2v) is 5.82. The van der Waals surface area contributed by atoms with E-state index in [2.05, 4.69) is 36.8 Å². The third kappa shape index (κ3) is 3.49. The van der Waals surface area contributed by atoms with E-state index in [0.29, 0.717) is 11.0 Å². The zero-order valence-electron chi connectivity index (χ0n) is 10.0. The van der Waals surface area contributed by atoms with E-state index in [9.17, 15) is 4.79 Å². The summed E-state index contributed by atoms with van der Waals surface area (Å²) in [6.07, 6.45) is 0. The molecule has 0 aromatic carbocycles. The van der Waals surface area contributed by atoms with Crippen molar-refractivity contribution in [1.29, 1.82) is 0 Å². The van der Waals surface area contributed by atoms with Gasteiger partial charge in [-0.25, -0.2) is 4.98 Å². The molecule has 3 nitrogen and oxygen atoms in total. The van der Waals surface area contributed by atoms with Crippen molar-refractivity contribution >= 4 is 35.0 Å². The van der Waals surface area contributed by atoms with Crippen molar-refractivity contribution in [3.63, 3.8) is 0 Å². The Kier molecular flexibility index (Phi) is 4.80. The Morgan fingerprint density at radius 3 is 2.50 bits per heavy atom. The fourth-order valence-corrected chi connectivity index (χ4v) is 2.03. The van der Waals surface area contributed by atoms with E-state index in [4.69, 9.17) is 0 Å². The minimum atomic E-state index is -0.286. The molecule has 0 saturated carbocycles. The molecule has 1 rings (SSSR count). The first-order valence-electron chi connectivity index (χ1n) is 5.36. The predicted molar refractivity (Wildman–Crippen MR) is 72.4 cm³/mol. The summed E-state index contributed by atoms with van der Waals surface area (Å²) < 4.78 is 0. The number of nitrogens with one attached hydrogen (secondary N) is 1. The van der Waals surface area contributed by atoms with Gasteiger partial charge >= 0.3 is 0 Å². The van der Waals surface area contributed by atoms with E-state index in [1.54, 1.807) is 0 Å². The molecule has 0 radical (unpaired) electrons. The van der Waals surface area contributed by atoms with Gasteiger partial charge in [-0.05, 0) is 11.8 Å². The van der Waals surface area contributed by atoms with Crippen LogP contribution in [0.4, 0.5) is 5.13 Å². The molecule has 16 heavy (non-hydrogen) atoms. The molecule has 0 bridgehead atoms. The SMILES string of the molecule is CC(C)c1csc(NC(=O)C(S)C(C)C)n1. The Bertz CT molecular complexity index is 361. The van der Waals surface area contributed by atoms with Gasteiger partial charge < -0.3 is 5.32 Å². The Hall–Kier alpha value is -0.550. The highest BCUT2D eigenvalue weighted by atomic mass is 32.1. The van der Waals surface area contributed by atoms with E-state index in [-0.39, 0.29) is 17.1 Å². The lowest BCUT2D eigenvalue weighted by atomic mass is 10.1. The molecule has 1 amide bonds. The van der Waals surface area contributed by atoms with Gasteiger partial charge in [0.1, 0.15) is 0 Å². The maximum Gasteiger partial charge on any atom is 0.239 e. The summed E-state index contributed by atoms with van der Waals surface area (Å²) in [6, 6.07) is 0. The Morgan fingerprint density at radius 2 is 2.06 bits per heavy atom. The average molecular weight is 258 g/mol. The maximum absolute atomic E-state index is 11.7. The van der Waals surface area contributed by atoms with Gasteiger partial charge in [0.2, 0.25) is 5.91 Å². The number of amides is 1. The van der Waals surface area contributed by atoms with E-state index >= 15 is 0 Å². The minimum Gasteiger partial charge on any atom is -0.301 e. The third-order valence-electron chi connectivity index (χ3n) is 2.24. The van der Waals surface area contributed by atoms with Crippen LogP contribution in [0.25, 0.3) is 0 Å². The minimum absolute atomic E-state index is 0.0806. The van der Waals surface area contributed by atoms with Crippen LogP contribution in [-0.2, 0) is 4.79 Å². The van der Waals surface area contributed by atoms with E-state index in [1.807, 2.05) is 19.2 Å². The second kappa shape index (κ2) is 5.68. The van der Waals surface area contributed by atoms with Crippen LogP contribution in [0, 0.1) is 5.92 Å². The summed E-state index contributed by atoms with van der Waals surface area (Å²) in [6.45, 7) is 8.10. The molecule has 1 aromatic heterocycles. The van der Waals surface area contributed by atoms with Gasteiger partial charge in [-0.3, -0.25) is 4.79 Å². The van der Waals surface area contributed by atoms with Gasteiger partial charge in [0, 0.05) is 5.38 Å². The molecule has 0 spiro atoms. The van der Waals surface area contributed by atoms with Crippen molar-refractivity contribution in [3.05, 3.63) is 11.1 Å². The Balaban J connectivity index is 2.63. The van der Waals surface area contributed by atoms with Crippen LogP contribution in [0.1, 0.15) is 39.3 Å². The lowest BCUT2D eigenvalue weighted by molar-refractivity contribution is -0.116. The normalized spacial score (nSPS) is 13.2. The molecule has 1 atom stereocenters. The Labute approximate surface area is 106 Å². The van der Waals surface area contributed by atoms with Crippen LogP contribution < -0.4 is 5.32 Å². The monoisotopic (exact) mass is 258 g/mol. The molecule has 90 valence electrons. The van der Waals surface area contributed by atoms with Crippen LogP contribution >= 0.6 is 24.0 Å². The van der Waals surface area contributed by atoms with Crippen molar-refractivity contribution in [2.24, 2.45) is 5.92 Å². The smallest absolute Gasteiger partial charge is 0.239 e. The van der Waals surface area contributed by atoms with E-state index in [1.165, 1.54) is 11.3 Å². The molecule has 1 heterocycles. The number of hydrogen-bond donors (Lipinski definition) is 2. The number of rotatable bonds is 4. The van der Waals surface area contributed by atoms with Crippen LogP contribution in [0.15, 0.2) is 5.38 Å². The lowest BCUT2D eigenvalue weighted by Crippen LogP contribution is -2.27. The molecule has 1 aromatic rings. The summed E-state index contributed by atoms with van der Waals surface area (Å²) in [5, 5.41) is 5.14. The molecule has 5 heteroatoms. The largest absolute Gasteiger partial charge is 0.301 e. The van der Waals surface area contributed by atoms with Crippen LogP contribution in [-0.4, -0.2) is 16.1 Å². The fraction of sp³-hybridized carbons (Fsp3) is 0.636. The number of anilines is 1. The van der Waals surface area contributed by atoms with Crippen LogP contribution in [0.5, 0.6) is 0 Å². The van der Waals surface area contributed by atoms with Gasteiger partial charge in [-0.1, -0.05) is 27.7 Å². The number of thiol groups is 1. The third-order valence-corrected chi connectivity index (χ3v) is 3.85. The van der Waals surface area contributed by atoms with Gasteiger partial charge in [0.15, 0.2) is 5.13 Å². The van der Waals surface area contributed by atoms with Crippen molar-refractivity contribution in [1.82, 2.24) is 4.98 Å². The number of hydrogen-bond acceptors (Lipinski definition) is 4. The Morgan fingerprint density at radius 1 is 1.44 bits per heavy atom. The molecule has 0 fully saturated rings. The van der Waals surface area contributed by atoms with E-state index in [0.717, 1.165) is 5.69 Å². The predicted octanol–water partition coefficient (Wildman–Crippen LogP) is 3.16. The summed E-state index contributed by atoms with van der Waals surface area (Å²) in [4.78, 5) is 16.1. The van der Waals surface area contributed by atoms with Gasteiger partial charge in [0.05, 0.1) is 10.9 Å². The van der Waals surface area contributed by atoms with Gasteiger partial charge in [0.25, 0.3) is 0 Å². The number of carbonyl (C=O) groups is 1. The molecule has 1 unspecified atom stereocenters. The zero-order chi connectivity index (χ0) is 12.3. The number of aromatic nitrogens is 1. The fourth-order valence-electron chi connectivity index (χ4n) is 1.09. The number of thiazole rings is 1. The molecular formula is C11H18N2OS2. The first-order valence-corrected chi connectivity index (χ1v) is 6.75. The average Bonchev–Trinajstić information content (AvgIpc) is 2.64. The van der Waals surface area contributed by atoms with Crippen LogP contribution in [0.2, 0.25) is 0 Å². The zero-order valence-corrected chi connectivity index (χ0v) is 11.7. The first-order chi connectivity index (χ1) is 7.41. The quantitative estimate of drug-likeness (QED) is 0.815. The number of nitrogens with zero attached hydrogens (tertiary/aromatic N) is 1. The van der Waals surface area contributed by atoms with Crippen molar-refractivity contribution in [2.45, 2.75) is 38.9 Å². The molecule has 0 aliphatic carbocycles. The van der Waals surface area contributed by atoms with Crippen LogP contribution in [0.3, 0.4) is 0 Å². The summed E-state index contributed by atoms with van der Waals surface area (Å²) in [5.41, 5.74) is 1.01. The number of carbonyl (C=O) groups excluding carboxylic acids is 1. The highest BCUT2D eigenvalue weighted by Gasteiger charge is 2.18. The molecule has 1 N–H and O–H groups in total. The molecule has 0 saturated heterocycles. The molecule has 0 aliphatic rings. The highest BCUT2D eigenvalue weighted by Crippen LogP contribution is 2.22. The topological polar surface area (TPSA) is 42.0 Å². The standard InChI is InChI=1S/C11H18N2OS2/c1-6(2)8-5-16-11(12-8)13-10(14)9(15)7(3)4/h5-7,9,15H,1-4H3,(H,12,13,14). The van der Waals surface area contributed by atoms with E-state index < -0.39 is 0 Å². The van der Waals surface area contributed by atoms with Crippen molar-refractivity contribution in [2.75, 3.05) is 5.32 Å². The molecule has 0 aliphatic heterocycles. The maximum atomic E-state index is 11.7. The highest BCUT2D eigenvalue weighted by molar-refractivity contribution is 7.81. The lowest BCUT2D eigenvalue weighted by Gasteiger charge is -2.12. The molecular weight excluding hydrogens is 240 g/mol. The summed E-state index contributed by atoms with van der Waals surface area (Å²) >= 11 is 5.72. The van der Waals surface area contributed by atoms with Gasteiger partial charge in [-0.2, -0.15) is 12.6 Å². The van der Waals surface area contributed by atoms with Gasteiger partial charge in [-0.15, -0.1) is 11.3 Å². The summed E-state index contributed by atoms with van der Waals surface area (Å²) in [5.74, 6) is 0.523. The van der Waals surface area contributed by atoms with Crippen molar-refractivity contribution in [3.8, 4) is 0 Å². The first kappa shape index (κ1) is 13.5. The second-order valence-electron chi connectivity index (χ2n) is 4.41.